The summed E-state index contributed by atoms with van der Waals surface area (Å²) in [6.07, 6.45) is 3.56. The van der Waals surface area contributed by atoms with Gasteiger partial charge in [0, 0.05) is 23.0 Å². The fourth-order valence-corrected chi connectivity index (χ4v) is 4.24. The zero-order valence-corrected chi connectivity index (χ0v) is 17.0. The number of halogens is 1. The molecule has 0 saturated carbocycles. The number of likely N-dealkylation sites (N-methyl/N-ethyl adjacent to an activating group) is 1. The minimum Gasteiger partial charge on any atom is -0.329 e. The number of rotatable bonds is 7. The Bertz CT molecular complexity index is 726. The van der Waals surface area contributed by atoms with Crippen LogP contribution in [0.3, 0.4) is 0 Å². The van der Waals surface area contributed by atoms with Gasteiger partial charge in [0.15, 0.2) is 0 Å². The molecule has 26 heavy (non-hydrogen) atoms. The topological polar surface area (TPSA) is 29.3 Å². The van der Waals surface area contributed by atoms with Gasteiger partial charge in [-0.1, -0.05) is 48.0 Å². The van der Waals surface area contributed by atoms with E-state index in [1.54, 1.807) is 0 Å². The fraction of sp³-hybridized carbons (Fsp3) is 0.478. The van der Waals surface area contributed by atoms with Crippen molar-refractivity contribution in [3.05, 3.63) is 70.2 Å². The van der Waals surface area contributed by atoms with Crippen molar-refractivity contribution in [1.29, 1.82) is 0 Å². The Labute approximate surface area is 163 Å². The molecule has 0 saturated heterocycles. The Morgan fingerprint density at radius 1 is 1.12 bits per heavy atom. The Morgan fingerprint density at radius 2 is 1.85 bits per heavy atom. The third kappa shape index (κ3) is 4.14. The van der Waals surface area contributed by atoms with Crippen molar-refractivity contribution in [3.8, 4) is 0 Å². The van der Waals surface area contributed by atoms with Gasteiger partial charge in [-0.05, 0) is 81.4 Å². The summed E-state index contributed by atoms with van der Waals surface area (Å²) in [4.78, 5) is 2.38. The van der Waals surface area contributed by atoms with E-state index in [4.69, 9.17) is 17.3 Å². The van der Waals surface area contributed by atoms with Crippen molar-refractivity contribution in [2.75, 3.05) is 20.1 Å². The van der Waals surface area contributed by atoms with E-state index in [-0.39, 0.29) is 5.54 Å². The molecule has 0 aliphatic heterocycles. The average Bonchev–Trinajstić information content (AvgIpc) is 3.00. The first-order chi connectivity index (χ1) is 12.4. The third-order valence-electron chi connectivity index (χ3n) is 6.17. The van der Waals surface area contributed by atoms with Crippen LogP contribution in [0.25, 0.3) is 0 Å². The average molecular weight is 371 g/mol. The number of hydrogen-bond acceptors (Lipinski definition) is 2. The molecule has 2 aromatic rings. The molecule has 2 N–H and O–H groups in total. The second-order valence-corrected chi connectivity index (χ2v) is 8.69. The third-order valence-corrected chi connectivity index (χ3v) is 6.40. The van der Waals surface area contributed by atoms with Crippen LogP contribution in [0, 0.1) is 0 Å². The van der Waals surface area contributed by atoms with Crippen LogP contribution in [-0.2, 0) is 0 Å². The van der Waals surface area contributed by atoms with Crippen molar-refractivity contribution in [3.63, 3.8) is 0 Å². The molecular formula is C23H31ClN2. The van der Waals surface area contributed by atoms with Gasteiger partial charge in [0.05, 0.1) is 0 Å². The van der Waals surface area contributed by atoms with Crippen LogP contribution in [0.4, 0.5) is 0 Å². The highest BCUT2D eigenvalue weighted by atomic mass is 35.5. The van der Waals surface area contributed by atoms with Crippen LogP contribution >= 0.6 is 11.6 Å². The maximum atomic E-state index is 6.32. The van der Waals surface area contributed by atoms with E-state index in [0.717, 1.165) is 11.6 Å². The predicted octanol–water partition coefficient (Wildman–Crippen LogP) is 5.41. The second kappa shape index (κ2) is 8.12. The molecule has 3 heteroatoms. The summed E-state index contributed by atoms with van der Waals surface area (Å²) < 4.78 is 0. The zero-order valence-electron chi connectivity index (χ0n) is 16.2. The Morgan fingerprint density at radius 3 is 2.54 bits per heavy atom. The first-order valence-electron chi connectivity index (χ1n) is 9.68. The fourth-order valence-electron chi connectivity index (χ4n) is 4.06. The Balaban J connectivity index is 1.72. The Kier molecular flexibility index (Phi) is 6.06. The highest BCUT2D eigenvalue weighted by molar-refractivity contribution is 6.30. The van der Waals surface area contributed by atoms with Crippen molar-refractivity contribution in [1.82, 2.24) is 4.90 Å². The molecule has 0 spiro atoms. The SMILES string of the molecule is CN(CCC[C@@H]1C[C@@H](c2ccccc2)c2ccc(Cl)cc21)C(C)(C)CN. The minimum absolute atomic E-state index is 0.0590. The summed E-state index contributed by atoms with van der Waals surface area (Å²) in [6, 6.07) is 17.3. The van der Waals surface area contributed by atoms with Gasteiger partial charge in [0.25, 0.3) is 0 Å². The van der Waals surface area contributed by atoms with Gasteiger partial charge in [-0.25, -0.2) is 0 Å². The molecule has 0 unspecified atom stereocenters. The van der Waals surface area contributed by atoms with Crippen molar-refractivity contribution < 1.29 is 0 Å². The summed E-state index contributed by atoms with van der Waals surface area (Å²) in [7, 11) is 2.18. The Hall–Kier alpha value is -1.35. The van der Waals surface area contributed by atoms with Gasteiger partial charge in [-0.2, -0.15) is 0 Å². The van der Waals surface area contributed by atoms with Crippen LogP contribution in [0.2, 0.25) is 5.02 Å². The second-order valence-electron chi connectivity index (χ2n) is 8.25. The van der Waals surface area contributed by atoms with Crippen LogP contribution in [-0.4, -0.2) is 30.6 Å². The largest absolute Gasteiger partial charge is 0.329 e. The number of nitrogens with zero attached hydrogens (tertiary/aromatic N) is 1. The summed E-state index contributed by atoms with van der Waals surface area (Å²) in [6.45, 7) is 6.18. The molecule has 2 atom stereocenters. The van der Waals surface area contributed by atoms with Crippen LogP contribution in [0.1, 0.15) is 61.6 Å². The van der Waals surface area contributed by atoms with Gasteiger partial charge in [0.2, 0.25) is 0 Å². The molecule has 140 valence electrons. The zero-order chi connectivity index (χ0) is 18.7. The molecule has 3 rings (SSSR count). The number of hydrogen-bond donors (Lipinski definition) is 1. The van der Waals surface area contributed by atoms with Gasteiger partial charge in [-0.15, -0.1) is 0 Å². The number of benzene rings is 2. The van der Waals surface area contributed by atoms with E-state index in [9.17, 15) is 0 Å². The molecule has 0 heterocycles. The molecule has 0 amide bonds. The first-order valence-corrected chi connectivity index (χ1v) is 10.1. The van der Waals surface area contributed by atoms with E-state index in [2.05, 4.69) is 68.3 Å². The van der Waals surface area contributed by atoms with E-state index in [1.165, 1.54) is 36.0 Å². The van der Waals surface area contributed by atoms with Crippen molar-refractivity contribution >= 4 is 11.6 Å². The molecule has 0 bridgehead atoms. The van der Waals surface area contributed by atoms with Gasteiger partial charge in [-0.3, -0.25) is 4.90 Å². The highest BCUT2D eigenvalue weighted by Gasteiger charge is 2.32. The lowest BCUT2D eigenvalue weighted by molar-refractivity contribution is 0.160. The van der Waals surface area contributed by atoms with Gasteiger partial charge >= 0.3 is 0 Å². The van der Waals surface area contributed by atoms with Gasteiger partial charge in [0.1, 0.15) is 0 Å². The van der Waals surface area contributed by atoms with E-state index in [1.807, 2.05) is 6.07 Å². The minimum atomic E-state index is 0.0590. The summed E-state index contributed by atoms with van der Waals surface area (Å²) >= 11 is 6.32. The molecule has 2 nitrogen and oxygen atoms in total. The standard InChI is InChI=1S/C23H31ClN2/c1-23(2,16-25)26(3)13-7-10-18-14-21(17-8-5-4-6-9-17)20-12-11-19(24)15-22(18)20/h4-6,8-9,11-12,15,18,21H,7,10,13-14,16,25H2,1-3H3/t18-,21+/m1/s1. The van der Waals surface area contributed by atoms with Crippen LogP contribution < -0.4 is 5.73 Å². The first kappa shape index (κ1) is 19.4. The monoisotopic (exact) mass is 370 g/mol. The summed E-state index contributed by atoms with van der Waals surface area (Å²) in [5.74, 6) is 1.08. The van der Waals surface area contributed by atoms with E-state index >= 15 is 0 Å². The van der Waals surface area contributed by atoms with Crippen molar-refractivity contribution in [2.24, 2.45) is 5.73 Å². The predicted molar refractivity (Wildman–Crippen MR) is 112 cm³/mol. The summed E-state index contributed by atoms with van der Waals surface area (Å²) in [5, 5.41) is 0.851. The lowest BCUT2D eigenvalue weighted by Gasteiger charge is -2.34. The van der Waals surface area contributed by atoms with Gasteiger partial charge < -0.3 is 5.73 Å². The molecule has 0 fully saturated rings. The summed E-state index contributed by atoms with van der Waals surface area (Å²) in [5.41, 5.74) is 10.3. The smallest absolute Gasteiger partial charge is 0.0409 e. The van der Waals surface area contributed by atoms with Crippen LogP contribution in [0.5, 0.6) is 0 Å². The normalized spacial score (nSPS) is 19.8. The maximum absolute atomic E-state index is 6.32. The lowest BCUT2D eigenvalue weighted by Crippen LogP contribution is -2.47. The van der Waals surface area contributed by atoms with Crippen molar-refractivity contribution in [2.45, 2.75) is 50.5 Å². The van der Waals surface area contributed by atoms with Crippen LogP contribution in [0.15, 0.2) is 48.5 Å². The van der Waals surface area contributed by atoms with E-state index in [0.29, 0.717) is 18.4 Å². The molecule has 0 radical (unpaired) electrons. The molecule has 2 aromatic carbocycles. The molecule has 1 aliphatic rings. The quantitative estimate of drug-likeness (QED) is 0.706. The maximum Gasteiger partial charge on any atom is 0.0409 e. The molecule has 1 aliphatic carbocycles. The molecule has 0 aromatic heterocycles. The highest BCUT2D eigenvalue weighted by Crippen LogP contribution is 2.47. The molecular weight excluding hydrogens is 340 g/mol. The van der Waals surface area contributed by atoms with E-state index < -0.39 is 0 Å². The number of nitrogens with two attached hydrogens (primary N) is 1. The lowest BCUT2D eigenvalue weighted by atomic mass is 9.92. The number of fused-ring (bicyclic) bond motifs is 1.